The van der Waals surface area contributed by atoms with E-state index in [1.54, 1.807) is 33.4 Å². The number of rotatable bonds is 9. The van der Waals surface area contributed by atoms with Crippen LogP contribution in [-0.4, -0.2) is 46.6 Å². The van der Waals surface area contributed by atoms with Gasteiger partial charge in [0.05, 0.1) is 32.2 Å². The molecule has 3 heterocycles. The quantitative estimate of drug-likeness (QED) is 0.353. The van der Waals surface area contributed by atoms with Gasteiger partial charge in [-0.15, -0.1) is 0 Å². The summed E-state index contributed by atoms with van der Waals surface area (Å²) in [7, 11) is 1.62. The van der Waals surface area contributed by atoms with E-state index in [0.29, 0.717) is 38.2 Å². The lowest BCUT2D eigenvalue weighted by Crippen LogP contribution is -2.33. The highest BCUT2D eigenvalue weighted by Crippen LogP contribution is 2.45. The summed E-state index contributed by atoms with van der Waals surface area (Å²) in [5.41, 5.74) is 4.04. The van der Waals surface area contributed by atoms with Crippen LogP contribution in [0.25, 0.3) is 22.4 Å². The molecule has 9 heteroatoms. The monoisotopic (exact) mass is 535 g/mol. The van der Waals surface area contributed by atoms with Crippen molar-refractivity contribution in [2.75, 3.05) is 20.3 Å². The number of hydrogen-bond acceptors (Lipinski definition) is 7. The number of aromatic nitrogens is 3. The van der Waals surface area contributed by atoms with Crippen molar-refractivity contribution in [1.29, 1.82) is 0 Å². The molecule has 1 aliphatic heterocycles. The Hall–Kier alpha value is -3.88. The van der Waals surface area contributed by atoms with Gasteiger partial charge >= 0.3 is 11.9 Å². The number of pyridine rings is 1. The Morgan fingerprint density at radius 2 is 1.79 bits per heavy atom. The third-order valence-electron chi connectivity index (χ3n) is 7.04. The molecule has 0 amide bonds. The van der Waals surface area contributed by atoms with E-state index in [1.165, 1.54) is 6.07 Å². The maximum absolute atomic E-state index is 13.0. The number of carbonyl (C=O) groups excluding carboxylic acids is 2. The summed E-state index contributed by atoms with van der Waals surface area (Å²) in [6.07, 6.45) is 7.08. The minimum atomic E-state index is -0.608. The van der Waals surface area contributed by atoms with Crippen molar-refractivity contribution in [3.8, 4) is 28.1 Å². The molecule has 0 N–H and O–H groups in total. The third-order valence-corrected chi connectivity index (χ3v) is 7.04. The Labute approximate surface area is 228 Å². The zero-order chi connectivity index (χ0) is 28.3. The lowest BCUT2D eigenvalue weighted by Gasteiger charge is -2.39. The van der Waals surface area contributed by atoms with Crippen molar-refractivity contribution in [1.82, 2.24) is 14.3 Å². The number of hydrogen-bond donors (Lipinski definition) is 0. The molecular weight excluding hydrogens is 498 g/mol. The van der Waals surface area contributed by atoms with Crippen molar-refractivity contribution in [3.63, 3.8) is 0 Å². The summed E-state index contributed by atoms with van der Waals surface area (Å²) < 4.78 is 19.8. The number of methoxy groups -OCH3 is 1. The van der Waals surface area contributed by atoms with E-state index in [4.69, 9.17) is 14.2 Å². The Bertz CT molecular complexity index is 1430. The van der Waals surface area contributed by atoms with Crippen LogP contribution in [-0.2, 0) is 27.2 Å². The SMILES string of the molecule is CCOC(=O)CCCn1cc(-c2cc3c(cc2OC)-c2cc(=O)c(C(=O)OCC)cn2C(C(C)(C)C)C3)cn1. The Morgan fingerprint density at radius 3 is 2.46 bits per heavy atom. The minimum Gasteiger partial charge on any atom is -0.496 e. The largest absolute Gasteiger partial charge is 0.496 e. The fraction of sp³-hybridized carbons (Fsp3) is 0.467. The van der Waals surface area contributed by atoms with E-state index in [2.05, 4.69) is 31.9 Å². The van der Waals surface area contributed by atoms with Gasteiger partial charge in [0.15, 0.2) is 5.43 Å². The molecule has 0 radical (unpaired) electrons. The molecule has 39 heavy (non-hydrogen) atoms. The lowest BCUT2D eigenvalue weighted by atomic mass is 9.78. The average molecular weight is 536 g/mol. The number of fused-ring (bicyclic) bond motifs is 3. The summed E-state index contributed by atoms with van der Waals surface area (Å²) >= 11 is 0. The fourth-order valence-electron chi connectivity index (χ4n) is 5.09. The molecule has 0 aliphatic carbocycles. The maximum atomic E-state index is 13.0. The van der Waals surface area contributed by atoms with Gasteiger partial charge in [0.25, 0.3) is 0 Å². The summed E-state index contributed by atoms with van der Waals surface area (Å²) in [5.74, 6) is -0.158. The first-order valence-corrected chi connectivity index (χ1v) is 13.4. The molecule has 0 fully saturated rings. The first-order valence-electron chi connectivity index (χ1n) is 13.4. The first-order chi connectivity index (χ1) is 18.6. The topological polar surface area (TPSA) is 102 Å². The van der Waals surface area contributed by atoms with E-state index in [0.717, 1.165) is 27.9 Å². The molecule has 1 unspecified atom stereocenters. The van der Waals surface area contributed by atoms with Crippen LogP contribution in [0.2, 0.25) is 0 Å². The molecule has 0 saturated carbocycles. The second kappa shape index (κ2) is 11.5. The molecule has 0 saturated heterocycles. The lowest BCUT2D eigenvalue weighted by molar-refractivity contribution is -0.143. The van der Waals surface area contributed by atoms with Crippen LogP contribution in [0.3, 0.4) is 0 Å². The normalized spacial score (nSPS) is 14.4. The highest BCUT2D eigenvalue weighted by atomic mass is 16.5. The molecule has 3 aromatic rings. The highest BCUT2D eigenvalue weighted by molar-refractivity contribution is 5.89. The van der Waals surface area contributed by atoms with Crippen molar-refractivity contribution >= 4 is 11.9 Å². The van der Waals surface area contributed by atoms with Crippen LogP contribution in [0.1, 0.15) is 69.4 Å². The van der Waals surface area contributed by atoms with Crippen molar-refractivity contribution < 1.29 is 23.8 Å². The van der Waals surface area contributed by atoms with E-state index >= 15 is 0 Å². The predicted molar refractivity (Wildman–Crippen MR) is 148 cm³/mol. The molecule has 208 valence electrons. The summed E-state index contributed by atoms with van der Waals surface area (Å²) in [5, 5.41) is 4.49. The van der Waals surface area contributed by atoms with Gasteiger partial charge in [-0.05, 0) is 49.8 Å². The van der Waals surface area contributed by atoms with Crippen LogP contribution in [0, 0.1) is 5.41 Å². The average Bonchev–Trinajstić information content (AvgIpc) is 3.35. The van der Waals surface area contributed by atoms with Crippen molar-refractivity contribution in [3.05, 3.63) is 58.1 Å². The number of esters is 2. The molecule has 0 bridgehead atoms. The van der Waals surface area contributed by atoms with Crippen LogP contribution in [0.15, 0.2) is 41.6 Å². The van der Waals surface area contributed by atoms with Gasteiger partial charge in [-0.25, -0.2) is 4.79 Å². The maximum Gasteiger partial charge on any atom is 0.343 e. The Morgan fingerprint density at radius 1 is 1.05 bits per heavy atom. The molecule has 9 nitrogen and oxygen atoms in total. The van der Waals surface area contributed by atoms with Gasteiger partial charge in [-0.2, -0.15) is 5.10 Å². The first kappa shape index (κ1) is 28.1. The second-order valence-corrected chi connectivity index (χ2v) is 10.8. The Kier molecular flexibility index (Phi) is 8.28. The fourth-order valence-corrected chi connectivity index (χ4v) is 5.09. The molecular formula is C30H37N3O6. The van der Waals surface area contributed by atoms with Crippen molar-refractivity contribution in [2.24, 2.45) is 5.41 Å². The Balaban J connectivity index is 1.74. The van der Waals surface area contributed by atoms with Gasteiger partial charge < -0.3 is 18.8 Å². The molecule has 1 aromatic carbocycles. The molecule has 2 aromatic heterocycles. The smallest absolute Gasteiger partial charge is 0.343 e. The standard InChI is InChI=1S/C30H37N3O6/c1-7-38-28(35)10-9-11-32-17-20(16-31-32)22-12-19-13-27(30(3,4)5)33-18-23(29(36)39-8-2)25(34)15-24(33)21(19)14-26(22)37-6/h12,14-18,27H,7-11,13H2,1-6H3. The van der Waals surface area contributed by atoms with E-state index < -0.39 is 5.97 Å². The minimum absolute atomic E-state index is 0.000575. The zero-order valence-electron chi connectivity index (χ0n) is 23.6. The van der Waals surface area contributed by atoms with Gasteiger partial charge in [-0.1, -0.05) is 20.8 Å². The van der Waals surface area contributed by atoms with Gasteiger partial charge in [0.2, 0.25) is 0 Å². The predicted octanol–water partition coefficient (Wildman–Crippen LogP) is 5.05. The zero-order valence-corrected chi connectivity index (χ0v) is 23.6. The van der Waals surface area contributed by atoms with Crippen LogP contribution >= 0.6 is 0 Å². The number of ether oxygens (including phenoxy) is 3. The van der Waals surface area contributed by atoms with Crippen LogP contribution in [0.4, 0.5) is 0 Å². The second-order valence-electron chi connectivity index (χ2n) is 10.8. The number of nitrogens with zero attached hydrogens (tertiary/aromatic N) is 3. The van der Waals surface area contributed by atoms with Gasteiger partial charge in [0.1, 0.15) is 11.3 Å². The number of benzene rings is 1. The van der Waals surface area contributed by atoms with Crippen LogP contribution in [0.5, 0.6) is 5.75 Å². The van der Waals surface area contributed by atoms with E-state index in [9.17, 15) is 14.4 Å². The van der Waals surface area contributed by atoms with Gasteiger partial charge in [-0.3, -0.25) is 14.3 Å². The molecule has 4 rings (SSSR count). The molecule has 1 aliphatic rings. The van der Waals surface area contributed by atoms with Crippen LogP contribution < -0.4 is 10.2 Å². The van der Waals surface area contributed by atoms with Crippen molar-refractivity contribution in [2.45, 2.75) is 66.5 Å². The molecule has 0 spiro atoms. The van der Waals surface area contributed by atoms with E-state index in [-0.39, 0.29) is 35.0 Å². The summed E-state index contributed by atoms with van der Waals surface area (Å²) in [6.45, 7) is 11.2. The summed E-state index contributed by atoms with van der Waals surface area (Å²) in [4.78, 5) is 37.2. The number of carbonyl (C=O) groups is 2. The van der Waals surface area contributed by atoms with Gasteiger partial charge in [0, 0.05) is 54.2 Å². The van der Waals surface area contributed by atoms with E-state index in [1.807, 2.05) is 21.5 Å². The summed E-state index contributed by atoms with van der Waals surface area (Å²) in [6, 6.07) is 5.60. The third kappa shape index (κ3) is 5.92. The highest BCUT2D eigenvalue weighted by Gasteiger charge is 2.34. The molecule has 1 atom stereocenters. The number of aryl methyl sites for hydroxylation is 1.